The number of nitrogens with two attached hydrogens (primary N) is 1. The lowest BCUT2D eigenvalue weighted by Crippen LogP contribution is -2.23. The molecular weight excluding hydrogens is 352 g/mol. The summed E-state index contributed by atoms with van der Waals surface area (Å²) < 4.78 is 0. The molecule has 0 unspecified atom stereocenters. The standard InChI is InChI=1S/C22H24N4O2/c1-26(2)11-9-13-12-24-16-7-6-15(22(28)19(13)16)21-14(8-10-23)20-17(25-21)4-3-5-18(20)27/h3-7,12,27-28H,8-11,23H2,1-2H3. The van der Waals surface area contributed by atoms with Gasteiger partial charge in [0.25, 0.3) is 0 Å². The van der Waals surface area contributed by atoms with E-state index in [-0.39, 0.29) is 11.5 Å². The molecule has 0 aromatic heterocycles. The predicted molar refractivity (Wildman–Crippen MR) is 109 cm³/mol. The fourth-order valence-corrected chi connectivity index (χ4v) is 3.79. The van der Waals surface area contributed by atoms with Crippen LogP contribution in [0.4, 0.5) is 0 Å². The van der Waals surface area contributed by atoms with Crippen molar-refractivity contribution < 1.29 is 10.2 Å². The van der Waals surface area contributed by atoms with Crippen LogP contribution in [-0.4, -0.2) is 42.3 Å². The third-order valence-electron chi connectivity index (χ3n) is 5.15. The minimum atomic E-state index is 0.182. The quantitative estimate of drug-likeness (QED) is 0.683. The molecular formula is C22H24N4O2. The Morgan fingerprint density at radius 1 is 1.04 bits per heavy atom. The van der Waals surface area contributed by atoms with Crippen molar-refractivity contribution in [3.8, 4) is 11.5 Å². The van der Waals surface area contributed by atoms with Crippen LogP contribution in [0.15, 0.2) is 46.5 Å². The van der Waals surface area contributed by atoms with E-state index in [2.05, 4.69) is 9.89 Å². The Hall–Kier alpha value is -2.96. The average molecular weight is 376 g/mol. The molecule has 6 nitrogen and oxygen atoms in total. The summed E-state index contributed by atoms with van der Waals surface area (Å²) in [6, 6.07) is 9.04. The molecule has 0 atom stereocenters. The zero-order chi connectivity index (χ0) is 19.8. The van der Waals surface area contributed by atoms with Crippen LogP contribution in [-0.2, 0) is 0 Å². The number of rotatable bonds is 5. The van der Waals surface area contributed by atoms with Gasteiger partial charge in [-0.1, -0.05) is 6.07 Å². The first-order valence-electron chi connectivity index (χ1n) is 9.40. The van der Waals surface area contributed by atoms with Gasteiger partial charge in [-0.25, -0.2) is 4.99 Å². The molecule has 0 radical (unpaired) electrons. The highest BCUT2D eigenvalue weighted by molar-refractivity contribution is 5.91. The van der Waals surface area contributed by atoms with Gasteiger partial charge in [-0.2, -0.15) is 0 Å². The van der Waals surface area contributed by atoms with Crippen LogP contribution in [0.25, 0.3) is 16.8 Å². The Morgan fingerprint density at radius 3 is 2.61 bits per heavy atom. The molecule has 0 amide bonds. The average Bonchev–Trinajstić information content (AvgIpc) is 3.24. The van der Waals surface area contributed by atoms with Crippen LogP contribution in [0.3, 0.4) is 0 Å². The number of fused-ring (bicyclic) bond motifs is 2. The molecule has 4 N–H and O–H groups in total. The van der Waals surface area contributed by atoms with Crippen LogP contribution < -0.4 is 26.9 Å². The van der Waals surface area contributed by atoms with E-state index in [1.54, 1.807) is 12.1 Å². The molecule has 2 aromatic rings. The number of nitrogens with zero attached hydrogens (tertiary/aromatic N) is 3. The minimum absolute atomic E-state index is 0.182. The van der Waals surface area contributed by atoms with E-state index >= 15 is 0 Å². The molecule has 0 saturated carbocycles. The second-order valence-electron chi connectivity index (χ2n) is 7.34. The van der Waals surface area contributed by atoms with Crippen LogP contribution in [0, 0.1) is 0 Å². The van der Waals surface area contributed by atoms with E-state index in [1.165, 1.54) is 0 Å². The van der Waals surface area contributed by atoms with E-state index in [0.717, 1.165) is 35.0 Å². The summed E-state index contributed by atoms with van der Waals surface area (Å²) in [5.74, 6) is 0.367. The highest BCUT2D eigenvalue weighted by Gasteiger charge is 2.21. The number of benzene rings is 2. The molecule has 2 heterocycles. The van der Waals surface area contributed by atoms with Crippen molar-refractivity contribution in [3.63, 3.8) is 0 Å². The Bertz CT molecular complexity index is 1230. The van der Waals surface area contributed by atoms with Crippen molar-refractivity contribution in [3.05, 3.63) is 63.2 Å². The monoisotopic (exact) mass is 376 g/mol. The van der Waals surface area contributed by atoms with Gasteiger partial charge in [-0.3, -0.25) is 4.99 Å². The number of phenolic OH excluding ortho intramolecular Hbond substituents is 2. The van der Waals surface area contributed by atoms with E-state index in [0.29, 0.717) is 34.5 Å². The topological polar surface area (TPSA) is 94.4 Å². The lowest BCUT2D eigenvalue weighted by Gasteiger charge is -2.12. The maximum atomic E-state index is 11.1. The van der Waals surface area contributed by atoms with Crippen molar-refractivity contribution in [1.29, 1.82) is 0 Å². The second-order valence-corrected chi connectivity index (χ2v) is 7.34. The van der Waals surface area contributed by atoms with Crippen molar-refractivity contribution >= 4 is 16.8 Å². The zero-order valence-electron chi connectivity index (χ0n) is 16.1. The smallest absolute Gasteiger partial charge is 0.134 e. The van der Waals surface area contributed by atoms with Gasteiger partial charge >= 0.3 is 0 Å². The molecule has 0 aliphatic carbocycles. The SMILES string of the molecule is CN(C)CCC1=CN=c2ccc(=C3N=c4cccc(O)c4=C3CCN)c(O)c21. The first kappa shape index (κ1) is 18.4. The molecule has 0 fully saturated rings. The summed E-state index contributed by atoms with van der Waals surface area (Å²) in [6.45, 7) is 1.30. The maximum Gasteiger partial charge on any atom is 0.134 e. The summed E-state index contributed by atoms with van der Waals surface area (Å²) in [5.41, 5.74) is 9.14. The summed E-state index contributed by atoms with van der Waals surface area (Å²) in [6.07, 6.45) is 3.19. The molecule has 0 saturated heterocycles. The summed E-state index contributed by atoms with van der Waals surface area (Å²) in [4.78, 5) is 11.3. The van der Waals surface area contributed by atoms with Gasteiger partial charge in [-0.05, 0) is 68.9 Å². The molecule has 144 valence electrons. The van der Waals surface area contributed by atoms with Crippen LogP contribution in [0.1, 0.15) is 18.4 Å². The van der Waals surface area contributed by atoms with E-state index in [1.807, 2.05) is 38.5 Å². The Morgan fingerprint density at radius 2 is 1.86 bits per heavy atom. The molecule has 2 aromatic carbocycles. The third kappa shape index (κ3) is 3.00. The normalized spacial score (nSPS) is 16.6. The fraction of sp³-hybridized carbons (Fsp3) is 0.273. The molecule has 6 heteroatoms. The lowest BCUT2D eigenvalue weighted by molar-refractivity contribution is 0.419. The zero-order valence-corrected chi connectivity index (χ0v) is 16.1. The third-order valence-corrected chi connectivity index (χ3v) is 5.15. The van der Waals surface area contributed by atoms with Gasteiger partial charge in [0.2, 0.25) is 0 Å². The Balaban J connectivity index is 1.95. The predicted octanol–water partition coefficient (Wildman–Crippen LogP) is -0.0353. The van der Waals surface area contributed by atoms with Crippen LogP contribution in [0.2, 0.25) is 0 Å². The highest BCUT2D eigenvalue weighted by atomic mass is 16.3. The van der Waals surface area contributed by atoms with Crippen LogP contribution in [0.5, 0.6) is 11.5 Å². The van der Waals surface area contributed by atoms with Crippen molar-refractivity contribution in [1.82, 2.24) is 4.90 Å². The highest BCUT2D eigenvalue weighted by Crippen LogP contribution is 2.27. The minimum Gasteiger partial charge on any atom is -0.507 e. The fourth-order valence-electron chi connectivity index (χ4n) is 3.79. The van der Waals surface area contributed by atoms with Gasteiger partial charge in [-0.15, -0.1) is 0 Å². The van der Waals surface area contributed by atoms with Gasteiger partial charge in [0.15, 0.2) is 0 Å². The van der Waals surface area contributed by atoms with Gasteiger partial charge in [0.05, 0.1) is 16.4 Å². The van der Waals surface area contributed by atoms with Crippen molar-refractivity contribution in [2.24, 2.45) is 15.7 Å². The summed E-state index contributed by atoms with van der Waals surface area (Å²) >= 11 is 0. The number of hydrogen-bond acceptors (Lipinski definition) is 6. The number of phenols is 2. The molecule has 2 aliphatic heterocycles. The number of hydrogen-bond donors (Lipinski definition) is 3. The summed E-state index contributed by atoms with van der Waals surface area (Å²) in [5, 5.41) is 24.3. The molecule has 2 aliphatic rings. The van der Waals surface area contributed by atoms with Crippen molar-refractivity contribution in [2.45, 2.75) is 12.8 Å². The van der Waals surface area contributed by atoms with Gasteiger partial charge in [0.1, 0.15) is 11.5 Å². The van der Waals surface area contributed by atoms with Gasteiger partial charge in [0, 0.05) is 28.7 Å². The first-order chi connectivity index (χ1) is 13.5. The molecule has 0 spiro atoms. The van der Waals surface area contributed by atoms with E-state index < -0.39 is 0 Å². The molecule has 4 rings (SSSR count). The van der Waals surface area contributed by atoms with E-state index in [4.69, 9.17) is 10.7 Å². The second kappa shape index (κ2) is 7.22. The Kier molecular flexibility index (Phi) is 4.75. The molecule has 28 heavy (non-hydrogen) atoms. The Labute approximate surface area is 163 Å². The lowest BCUT2D eigenvalue weighted by atomic mass is 9.99. The van der Waals surface area contributed by atoms with Crippen LogP contribution >= 0.6 is 0 Å². The van der Waals surface area contributed by atoms with Gasteiger partial charge < -0.3 is 20.8 Å². The summed E-state index contributed by atoms with van der Waals surface area (Å²) in [7, 11) is 4.05. The largest absolute Gasteiger partial charge is 0.507 e. The molecule has 0 bridgehead atoms. The van der Waals surface area contributed by atoms with Crippen molar-refractivity contribution in [2.75, 3.05) is 27.2 Å². The maximum absolute atomic E-state index is 11.1. The number of aromatic hydroxyl groups is 2. The first-order valence-corrected chi connectivity index (χ1v) is 9.40. The van der Waals surface area contributed by atoms with E-state index in [9.17, 15) is 10.2 Å².